The van der Waals surface area contributed by atoms with Crippen LogP contribution in [0.25, 0.3) is 5.57 Å². The topological polar surface area (TPSA) is 27.7 Å². The van der Waals surface area contributed by atoms with E-state index in [-0.39, 0.29) is 13.2 Å². The fourth-order valence-corrected chi connectivity index (χ4v) is 2.84. The van der Waals surface area contributed by atoms with E-state index >= 15 is 0 Å². The molecule has 3 nitrogen and oxygen atoms in total. The standard InChI is InChI=1S/C24H19F5O3/c1-2-31-23-21(25)12-17(13-22(23)26)20(24(27,28)29)15-30-14-16-7-6-10-19(11-16)32-18-8-4-3-5-9-18/h3-13,15H,2,14H2,1H3. The van der Waals surface area contributed by atoms with Crippen LogP contribution in [0.3, 0.4) is 0 Å². The van der Waals surface area contributed by atoms with Crippen LogP contribution in [-0.4, -0.2) is 12.8 Å². The van der Waals surface area contributed by atoms with Crippen LogP contribution < -0.4 is 9.47 Å². The first-order valence-corrected chi connectivity index (χ1v) is 9.61. The molecule has 0 atom stereocenters. The molecule has 168 valence electrons. The smallest absolute Gasteiger partial charge is 0.419 e. The fourth-order valence-electron chi connectivity index (χ4n) is 2.84. The van der Waals surface area contributed by atoms with E-state index < -0.39 is 34.7 Å². The minimum Gasteiger partial charge on any atom is -0.496 e. The van der Waals surface area contributed by atoms with Gasteiger partial charge in [-0.2, -0.15) is 13.2 Å². The lowest BCUT2D eigenvalue weighted by Gasteiger charge is -2.14. The maximum absolute atomic E-state index is 14.0. The highest BCUT2D eigenvalue weighted by Gasteiger charge is 2.36. The number of halogens is 5. The molecule has 0 radical (unpaired) electrons. The molecular formula is C24H19F5O3. The Balaban J connectivity index is 1.78. The van der Waals surface area contributed by atoms with Crippen molar-refractivity contribution in [3.8, 4) is 17.2 Å². The van der Waals surface area contributed by atoms with Crippen molar-refractivity contribution in [3.05, 3.63) is 95.8 Å². The molecule has 0 amide bonds. The number of benzene rings is 3. The van der Waals surface area contributed by atoms with Gasteiger partial charge in [-0.3, -0.25) is 0 Å². The van der Waals surface area contributed by atoms with Gasteiger partial charge < -0.3 is 14.2 Å². The second kappa shape index (κ2) is 10.2. The molecule has 0 aromatic heterocycles. The Morgan fingerprint density at radius 1 is 0.875 bits per heavy atom. The number of allylic oxidation sites excluding steroid dienone is 1. The third-order valence-corrected chi connectivity index (χ3v) is 4.23. The Hall–Kier alpha value is -3.55. The molecule has 3 aromatic rings. The van der Waals surface area contributed by atoms with E-state index in [2.05, 4.69) is 0 Å². The molecule has 0 aliphatic carbocycles. The lowest BCUT2D eigenvalue weighted by atomic mass is 10.1. The lowest BCUT2D eigenvalue weighted by Crippen LogP contribution is -2.12. The van der Waals surface area contributed by atoms with Gasteiger partial charge in [-0.25, -0.2) is 8.78 Å². The molecule has 0 bridgehead atoms. The first kappa shape index (κ1) is 23.1. The van der Waals surface area contributed by atoms with Crippen molar-refractivity contribution in [2.24, 2.45) is 0 Å². The molecule has 0 spiro atoms. The van der Waals surface area contributed by atoms with E-state index in [1.807, 2.05) is 6.07 Å². The van der Waals surface area contributed by atoms with Crippen LogP contribution in [0.2, 0.25) is 0 Å². The van der Waals surface area contributed by atoms with E-state index in [4.69, 9.17) is 14.2 Å². The number of hydrogen-bond donors (Lipinski definition) is 0. The Kier molecular flexibility index (Phi) is 7.35. The van der Waals surface area contributed by atoms with Crippen LogP contribution in [0.15, 0.2) is 73.0 Å². The van der Waals surface area contributed by atoms with Crippen LogP contribution in [0.1, 0.15) is 18.1 Å². The quantitative estimate of drug-likeness (QED) is 0.267. The number of hydrogen-bond acceptors (Lipinski definition) is 3. The average Bonchev–Trinajstić information content (AvgIpc) is 2.74. The van der Waals surface area contributed by atoms with E-state index in [0.717, 1.165) is 0 Å². The normalized spacial score (nSPS) is 11.9. The highest BCUT2D eigenvalue weighted by atomic mass is 19.4. The third-order valence-electron chi connectivity index (χ3n) is 4.23. The van der Waals surface area contributed by atoms with Gasteiger partial charge in [-0.05, 0) is 54.4 Å². The zero-order chi connectivity index (χ0) is 23.1. The SMILES string of the molecule is CCOc1c(F)cc(C(=COCc2cccc(Oc3ccccc3)c2)C(F)(F)F)cc1F. The van der Waals surface area contributed by atoms with Crippen molar-refractivity contribution < 1.29 is 36.2 Å². The van der Waals surface area contributed by atoms with Gasteiger partial charge in [0.05, 0.1) is 18.4 Å². The molecule has 3 aromatic carbocycles. The first-order valence-electron chi connectivity index (χ1n) is 9.61. The average molecular weight is 450 g/mol. The van der Waals surface area contributed by atoms with E-state index in [9.17, 15) is 22.0 Å². The Bertz CT molecular complexity index is 1060. The summed E-state index contributed by atoms with van der Waals surface area (Å²) in [6.07, 6.45) is -4.45. The second-order valence-electron chi connectivity index (χ2n) is 6.60. The Morgan fingerprint density at radius 3 is 2.16 bits per heavy atom. The summed E-state index contributed by atoms with van der Waals surface area (Å²) in [5.74, 6) is -2.11. The van der Waals surface area contributed by atoms with Gasteiger partial charge in [0.25, 0.3) is 0 Å². The molecule has 0 heterocycles. The van der Waals surface area contributed by atoms with Gasteiger partial charge in [0.2, 0.25) is 0 Å². The summed E-state index contributed by atoms with van der Waals surface area (Å²) in [5, 5.41) is 0. The van der Waals surface area contributed by atoms with Crippen LogP contribution in [0.5, 0.6) is 17.2 Å². The molecule has 0 saturated heterocycles. The van der Waals surface area contributed by atoms with Crippen molar-refractivity contribution in [1.29, 1.82) is 0 Å². The highest BCUT2D eigenvalue weighted by molar-refractivity contribution is 5.69. The molecule has 0 saturated carbocycles. The van der Waals surface area contributed by atoms with Crippen molar-refractivity contribution in [3.63, 3.8) is 0 Å². The van der Waals surface area contributed by atoms with Crippen LogP contribution in [0.4, 0.5) is 22.0 Å². The maximum atomic E-state index is 14.0. The van der Waals surface area contributed by atoms with Gasteiger partial charge in [0.1, 0.15) is 18.1 Å². The fraction of sp³-hybridized carbons (Fsp3) is 0.167. The molecule has 0 aliphatic heterocycles. The van der Waals surface area contributed by atoms with E-state index in [1.54, 1.807) is 48.5 Å². The van der Waals surface area contributed by atoms with Crippen molar-refractivity contribution >= 4 is 5.57 Å². The zero-order valence-corrected chi connectivity index (χ0v) is 17.0. The predicted molar refractivity (Wildman–Crippen MR) is 109 cm³/mol. The first-order chi connectivity index (χ1) is 15.3. The minimum atomic E-state index is -4.90. The Labute approximate surface area is 181 Å². The number of ether oxygens (including phenoxy) is 3. The van der Waals surface area contributed by atoms with Crippen molar-refractivity contribution in [2.45, 2.75) is 19.7 Å². The van der Waals surface area contributed by atoms with Gasteiger partial charge >= 0.3 is 6.18 Å². The van der Waals surface area contributed by atoms with Crippen LogP contribution >= 0.6 is 0 Å². The van der Waals surface area contributed by atoms with Gasteiger partial charge in [-0.15, -0.1) is 0 Å². The maximum Gasteiger partial charge on any atom is 0.419 e. The van der Waals surface area contributed by atoms with Crippen LogP contribution in [0, 0.1) is 11.6 Å². The molecule has 0 fully saturated rings. The second-order valence-corrected chi connectivity index (χ2v) is 6.60. The summed E-state index contributed by atoms with van der Waals surface area (Å²) in [5.41, 5.74) is -1.49. The van der Waals surface area contributed by atoms with Crippen LogP contribution in [-0.2, 0) is 11.3 Å². The molecule has 0 N–H and O–H groups in total. The van der Waals surface area contributed by atoms with Crippen molar-refractivity contribution in [1.82, 2.24) is 0 Å². The summed E-state index contributed by atoms with van der Waals surface area (Å²) < 4.78 is 84.2. The molecular weight excluding hydrogens is 431 g/mol. The zero-order valence-electron chi connectivity index (χ0n) is 17.0. The summed E-state index contributed by atoms with van der Waals surface area (Å²) in [7, 11) is 0. The molecule has 8 heteroatoms. The third kappa shape index (κ3) is 6.00. The van der Waals surface area contributed by atoms with Gasteiger partial charge in [-0.1, -0.05) is 30.3 Å². The van der Waals surface area contributed by atoms with E-state index in [1.165, 1.54) is 6.92 Å². The summed E-state index contributed by atoms with van der Waals surface area (Å²) in [6, 6.07) is 16.7. The molecule has 3 rings (SSSR count). The van der Waals surface area contributed by atoms with Crippen molar-refractivity contribution in [2.75, 3.05) is 6.61 Å². The largest absolute Gasteiger partial charge is 0.496 e. The summed E-state index contributed by atoms with van der Waals surface area (Å²) >= 11 is 0. The van der Waals surface area contributed by atoms with Gasteiger partial charge in [0, 0.05) is 0 Å². The molecule has 0 aliphatic rings. The molecule has 32 heavy (non-hydrogen) atoms. The number of rotatable bonds is 8. The van der Waals surface area contributed by atoms with Gasteiger partial charge in [0.15, 0.2) is 17.4 Å². The summed E-state index contributed by atoms with van der Waals surface area (Å²) in [4.78, 5) is 0. The van der Waals surface area contributed by atoms with E-state index in [0.29, 0.717) is 35.5 Å². The minimum absolute atomic E-state index is 0.0364. The molecule has 0 unspecified atom stereocenters. The Morgan fingerprint density at radius 2 is 1.53 bits per heavy atom. The number of alkyl halides is 3. The monoisotopic (exact) mass is 450 g/mol. The predicted octanol–water partition coefficient (Wildman–Crippen LogP) is 7.28. The highest BCUT2D eigenvalue weighted by Crippen LogP contribution is 2.36. The lowest BCUT2D eigenvalue weighted by molar-refractivity contribution is -0.0704. The number of para-hydroxylation sites is 1. The summed E-state index contributed by atoms with van der Waals surface area (Å²) in [6.45, 7) is 1.25.